The van der Waals surface area contributed by atoms with Gasteiger partial charge in [-0.1, -0.05) is 0 Å². The Morgan fingerprint density at radius 1 is 1.23 bits per heavy atom. The second-order valence-corrected chi connectivity index (χ2v) is 6.90. The van der Waals surface area contributed by atoms with Crippen molar-refractivity contribution >= 4 is 5.91 Å². The maximum absolute atomic E-state index is 13.1. The lowest BCUT2D eigenvalue weighted by Crippen LogP contribution is -2.45. The number of carbonyl (C=O) groups is 1. The quantitative estimate of drug-likeness (QED) is 0.727. The summed E-state index contributed by atoms with van der Waals surface area (Å²) in [6, 6.07) is 7.93. The molecule has 0 spiro atoms. The van der Waals surface area contributed by atoms with Crippen LogP contribution in [0, 0.1) is 6.92 Å². The smallest absolute Gasteiger partial charge is 0.254 e. The predicted molar refractivity (Wildman–Crippen MR) is 99.2 cm³/mol. The molecule has 6 heteroatoms. The third-order valence-corrected chi connectivity index (χ3v) is 4.96. The van der Waals surface area contributed by atoms with Crippen molar-refractivity contribution in [3.63, 3.8) is 0 Å². The van der Waals surface area contributed by atoms with Crippen molar-refractivity contribution in [1.82, 2.24) is 24.2 Å². The number of hydrogen-bond donors (Lipinski definition) is 0. The van der Waals surface area contributed by atoms with Crippen molar-refractivity contribution in [2.75, 3.05) is 6.54 Å². The van der Waals surface area contributed by atoms with Gasteiger partial charge in [0.05, 0.1) is 25.1 Å². The van der Waals surface area contributed by atoms with Crippen molar-refractivity contribution < 1.29 is 4.79 Å². The van der Waals surface area contributed by atoms with Crippen LogP contribution < -0.4 is 0 Å². The van der Waals surface area contributed by atoms with Crippen molar-refractivity contribution in [2.24, 2.45) is 0 Å². The molecule has 26 heavy (non-hydrogen) atoms. The number of nitrogens with zero attached hydrogens (tertiary/aromatic N) is 5. The number of hydrogen-bond acceptors (Lipinski definition) is 3. The molecule has 0 radical (unpaired) electrons. The average Bonchev–Trinajstić information content (AvgIpc) is 3.34. The van der Waals surface area contributed by atoms with Crippen molar-refractivity contribution in [1.29, 1.82) is 0 Å². The van der Waals surface area contributed by atoms with Crippen LogP contribution in [-0.2, 0) is 6.54 Å². The molecule has 1 fully saturated rings. The van der Waals surface area contributed by atoms with Crippen LogP contribution in [0.4, 0.5) is 0 Å². The van der Waals surface area contributed by atoms with E-state index in [2.05, 4.69) is 10.1 Å². The highest BCUT2D eigenvalue weighted by Crippen LogP contribution is 2.22. The second kappa shape index (κ2) is 7.15. The van der Waals surface area contributed by atoms with Crippen molar-refractivity contribution in [2.45, 2.75) is 38.8 Å². The summed E-state index contributed by atoms with van der Waals surface area (Å²) < 4.78 is 3.88. The molecule has 1 aliphatic rings. The molecule has 3 aromatic rings. The highest BCUT2D eigenvalue weighted by molar-refractivity contribution is 5.94. The summed E-state index contributed by atoms with van der Waals surface area (Å²) in [5.41, 5.74) is 2.88. The molecule has 1 aliphatic heterocycles. The number of piperidine rings is 1. The fourth-order valence-electron chi connectivity index (χ4n) is 3.59. The number of imidazole rings is 1. The summed E-state index contributed by atoms with van der Waals surface area (Å²) >= 11 is 0. The molecule has 1 atom stereocenters. The summed E-state index contributed by atoms with van der Waals surface area (Å²) in [4.78, 5) is 19.2. The number of benzene rings is 1. The summed E-state index contributed by atoms with van der Waals surface area (Å²) in [6.07, 6.45) is 12.5. The van der Waals surface area contributed by atoms with Gasteiger partial charge in [-0.3, -0.25) is 9.48 Å². The van der Waals surface area contributed by atoms with Crippen molar-refractivity contribution in [3.05, 3.63) is 66.5 Å². The lowest BCUT2D eigenvalue weighted by molar-refractivity contribution is 0.0584. The molecule has 0 saturated carbocycles. The van der Waals surface area contributed by atoms with Crippen LogP contribution in [0.5, 0.6) is 0 Å². The minimum absolute atomic E-state index is 0.107. The molecule has 0 bridgehead atoms. The zero-order chi connectivity index (χ0) is 17.9. The minimum Gasteiger partial charge on any atom is -0.334 e. The first-order chi connectivity index (χ1) is 12.7. The summed E-state index contributed by atoms with van der Waals surface area (Å²) in [5, 5.41) is 4.39. The normalized spacial score (nSPS) is 17.4. The number of amides is 1. The Balaban J connectivity index is 1.51. The van der Waals surface area contributed by atoms with E-state index in [1.54, 1.807) is 12.5 Å². The third kappa shape index (κ3) is 3.40. The van der Waals surface area contributed by atoms with E-state index >= 15 is 0 Å². The van der Waals surface area contributed by atoms with Crippen LogP contribution in [0.1, 0.15) is 35.2 Å². The van der Waals surface area contributed by atoms with Crippen LogP contribution in [0.2, 0.25) is 0 Å². The number of aryl methyl sites for hydroxylation is 1. The molecule has 0 aliphatic carbocycles. The Labute approximate surface area is 153 Å². The molecule has 134 valence electrons. The predicted octanol–water partition coefficient (Wildman–Crippen LogP) is 3.07. The number of aromatic nitrogens is 4. The zero-order valence-electron chi connectivity index (χ0n) is 15.0. The van der Waals surface area contributed by atoms with Crippen LogP contribution in [0.25, 0.3) is 5.69 Å². The van der Waals surface area contributed by atoms with Crippen LogP contribution in [0.3, 0.4) is 0 Å². The van der Waals surface area contributed by atoms with Gasteiger partial charge in [0, 0.05) is 36.4 Å². The van der Waals surface area contributed by atoms with Gasteiger partial charge in [0.1, 0.15) is 0 Å². The standard InChI is InChI=1S/C20H23N5O/c1-16-12-22-24(13-16)14-19-4-2-3-10-25(19)20(26)17-5-7-18(8-6-17)23-11-9-21-15-23/h5-9,11-13,15,19H,2-4,10,14H2,1H3. The first-order valence-electron chi connectivity index (χ1n) is 9.09. The maximum Gasteiger partial charge on any atom is 0.254 e. The van der Waals surface area contributed by atoms with E-state index in [0.29, 0.717) is 0 Å². The highest BCUT2D eigenvalue weighted by Gasteiger charge is 2.28. The van der Waals surface area contributed by atoms with Gasteiger partial charge in [-0.2, -0.15) is 5.10 Å². The van der Waals surface area contributed by atoms with Crippen LogP contribution in [0.15, 0.2) is 55.4 Å². The van der Waals surface area contributed by atoms with E-state index in [4.69, 9.17) is 0 Å². The minimum atomic E-state index is 0.107. The number of carbonyl (C=O) groups excluding carboxylic acids is 1. The third-order valence-electron chi connectivity index (χ3n) is 4.96. The maximum atomic E-state index is 13.1. The molecular formula is C20H23N5O. The van der Waals surface area contributed by atoms with E-state index in [0.717, 1.165) is 49.2 Å². The Morgan fingerprint density at radius 2 is 2.08 bits per heavy atom. The first-order valence-corrected chi connectivity index (χ1v) is 9.09. The molecular weight excluding hydrogens is 326 g/mol. The molecule has 1 saturated heterocycles. The Hall–Kier alpha value is -2.89. The SMILES string of the molecule is Cc1cnn(CC2CCCCN2C(=O)c2ccc(-n3ccnc3)cc2)c1. The Bertz CT molecular complexity index is 866. The summed E-state index contributed by atoms with van der Waals surface area (Å²) in [7, 11) is 0. The molecule has 0 N–H and O–H groups in total. The molecule has 2 aromatic heterocycles. The summed E-state index contributed by atoms with van der Waals surface area (Å²) in [6.45, 7) is 3.61. The lowest BCUT2D eigenvalue weighted by atomic mass is 10.0. The second-order valence-electron chi connectivity index (χ2n) is 6.90. The average molecular weight is 349 g/mol. The fraction of sp³-hybridized carbons (Fsp3) is 0.350. The van der Waals surface area contributed by atoms with Gasteiger partial charge in [-0.05, 0) is 56.0 Å². The fourth-order valence-corrected chi connectivity index (χ4v) is 3.59. The van der Waals surface area contributed by atoms with Gasteiger partial charge in [-0.25, -0.2) is 4.98 Å². The molecule has 4 rings (SSSR count). The molecule has 1 aromatic carbocycles. The largest absolute Gasteiger partial charge is 0.334 e. The molecule has 1 amide bonds. The number of likely N-dealkylation sites (tertiary alicyclic amines) is 1. The molecule has 1 unspecified atom stereocenters. The van der Waals surface area contributed by atoms with Crippen LogP contribution >= 0.6 is 0 Å². The van der Waals surface area contributed by atoms with E-state index in [1.807, 2.05) is 63.9 Å². The van der Waals surface area contributed by atoms with E-state index in [1.165, 1.54) is 0 Å². The van der Waals surface area contributed by atoms with Gasteiger partial charge < -0.3 is 9.47 Å². The summed E-state index contributed by atoms with van der Waals surface area (Å²) in [5.74, 6) is 0.107. The van der Waals surface area contributed by atoms with Gasteiger partial charge in [0.25, 0.3) is 5.91 Å². The van der Waals surface area contributed by atoms with Gasteiger partial charge in [-0.15, -0.1) is 0 Å². The van der Waals surface area contributed by atoms with E-state index < -0.39 is 0 Å². The topological polar surface area (TPSA) is 56.0 Å². The number of rotatable bonds is 4. The van der Waals surface area contributed by atoms with E-state index in [9.17, 15) is 4.79 Å². The zero-order valence-corrected chi connectivity index (χ0v) is 15.0. The first kappa shape index (κ1) is 16.6. The Morgan fingerprint density at radius 3 is 2.77 bits per heavy atom. The lowest BCUT2D eigenvalue weighted by Gasteiger charge is -2.35. The monoisotopic (exact) mass is 349 g/mol. The van der Waals surface area contributed by atoms with Gasteiger partial charge in [0.15, 0.2) is 0 Å². The van der Waals surface area contributed by atoms with Crippen molar-refractivity contribution in [3.8, 4) is 5.69 Å². The molecule has 3 heterocycles. The molecule has 6 nitrogen and oxygen atoms in total. The van der Waals surface area contributed by atoms with Gasteiger partial charge in [0.2, 0.25) is 0 Å². The van der Waals surface area contributed by atoms with Gasteiger partial charge >= 0.3 is 0 Å². The Kier molecular flexibility index (Phi) is 4.56. The highest BCUT2D eigenvalue weighted by atomic mass is 16.2. The van der Waals surface area contributed by atoms with E-state index in [-0.39, 0.29) is 11.9 Å². The van der Waals surface area contributed by atoms with Crippen LogP contribution in [-0.4, -0.2) is 42.7 Å².